The van der Waals surface area contributed by atoms with Crippen LogP contribution in [0.2, 0.25) is 0 Å². The van der Waals surface area contributed by atoms with Gasteiger partial charge in [0.05, 0.1) is 11.9 Å². The van der Waals surface area contributed by atoms with E-state index in [-0.39, 0.29) is 0 Å². The van der Waals surface area contributed by atoms with Crippen LogP contribution in [0.15, 0.2) is 47.1 Å². The van der Waals surface area contributed by atoms with Crippen LogP contribution in [0, 0.1) is 0 Å². The van der Waals surface area contributed by atoms with Crippen molar-refractivity contribution >= 4 is 15.9 Å². The molecule has 1 aromatic heterocycles. The Labute approximate surface area is 102 Å². The van der Waals surface area contributed by atoms with Crippen molar-refractivity contribution in [2.75, 3.05) is 0 Å². The van der Waals surface area contributed by atoms with Crippen molar-refractivity contribution < 1.29 is 4.74 Å². The van der Waals surface area contributed by atoms with Crippen molar-refractivity contribution in [1.82, 2.24) is 4.98 Å². The molecule has 0 amide bonds. The predicted octanol–water partition coefficient (Wildman–Crippen LogP) is 3.10. The molecule has 82 valence electrons. The van der Waals surface area contributed by atoms with Gasteiger partial charge in [-0.05, 0) is 30.3 Å². The van der Waals surface area contributed by atoms with Crippen LogP contribution < -0.4 is 10.5 Å². The summed E-state index contributed by atoms with van der Waals surface area (Å²) in [6, 6.07) is 11.4. The fourth-order valence-electron chi connectivity index (χ4n) is 1.26. The summed E-state index contributed by atoms with van der Waals surface area (Å²) in [4.78, 5) is 4.15. The molecule has 2 aromatic rings. The lowest BCUT2D eigenvalue weighted by atomic mass is 10.3. The predicted molar refractivity (Wildman–Crippen MR) is 66.3 cm³/mol. The zero-order chi connectivity index (χ0) is 11.4. The normalized spacial score (nSPS) is 10.1. The van der Waals surface area contributed by atoms with E-state index in [9.17, 15) is 0 Å². The lowest BCUT2D eigenvalue weighted by molar-refractivity contribution is 0.479. The summed E-state index contributed by atoms with van der Waals surface area (Å²) in [6.45, 7) is 0.442. The number of aromatic nitrogens is 1. The highest BCUT2D eigenvalue weighted by atomic mass is 79.9. The molecule has 4 heteroatoms. The first-order chi connectivity index (χ1) is 7.78. The first kappa shape index (κ1) is 11.1. The van der Waals surface area contributed by atoms with E-state index in [1.54, 1.807) is 6.20 Å². The van der Waals surface area contributed by atoms with E-state index >= 15 is 0 Å². The highest BCUT2D eigenvalue weighted by Gasteiger charge is 1.98. The summed E-state index contributed by atoms with van der Waals surface area (Å²) in [5.41, 5.74) is 6.31. The third-order valence-electron chi connectivity index (χ3n) is 2.04. The van der Waals surface area contributed by atoms with Crippen LogP contribution in [0.3, 0.4) is 0 Å². The molecule has 0 aliphatic rings. The number of hydrogen-bond acceptors (Lipinski definition) is 3. The largest absolute Gasteiger partial charge is 0.456 e. The Kier molecular flexibility index (Phi) is 3.54. The average molecular weight is 279 g/mol. The molecule has 0 atom stereocenters. The first-order valence-electron chi connectivity index (χ1n) is 4.86. The zero-order valence-electron chi connectivity index (χ0n) is 8.56. The second kappa shape index (κ2) is 5.09. The Morgan fingerprint density at radius 3 is 2.69 bits per heavy atom. The van der Waals surface area contributed by atoms with Gasteiger partial charge in [-0.3, -0.25) is 4.98 Å². The number of nitrogens with two attached hydrogens (primary N) is 1. The third kappa shape index (κ3) is 2.81. The van der Waals surface area contributed by atoms with Gasteiger partial charge in [0.1, 0.15) is 11.5 Å². The second-order valence-electron chi connectivity index (χ2n) is 3.25. The summed E-state index contributed by atoms with van der Waals surface area (Å²) in [6.07, 6.45) is 1.67. The van der Waals surface area contributed by atoms with E-state index in [2.05, 4.69) is 20.9 Å². The lowest BCUT2D eigenvalue weighted by Crippen LogP contribution is -1.98. The van der Waals surface area contributed by atoms with Crippen LogP contribution in [0.1, 0.15) is 5.69 Å². The maximum absolute atomic E-state index is 5.63. The molecule has 0 unspecified atom stereocenters. The minimum atomic E-state index is 0.442. The van der Waals surface area contributed by atoms with E-state index in [4.69, 9.17) is 10.5 Å². The Morgan fingerprint density at radius 1 is 1.19 bits per heavy atom. The maximum Gasteiger partial charge on any atom is 0.145 e. The fraction of sp³-hybridized carbons (Fsp3) is 0.0833. The Hall–Kier alpha value is -1.39. The van der Waals surface area contributed by atoms with Crippen molar-refractivity contribution in [2.45, 2.75) is 6.54 Å². The summed E-state index contributed by atoms with van der Waals surface area (Å²) < 4.78 is 6.61. The molecule has 0 radical (unpaired) electrons. The number of hydrogen-bond donors (Lipinski definition) is 1. The van der Waals surface area contributed by atoms with Gasteiger partial charge in [0.15, 0.2) is 0 Å². The summed E-state index contributed by atoms with van der Waals surface area (Å²) in [5, 5.41) is 0. The van der Waals surface area contributed by atoms with Gasteiger partial charge in [-0.25, -0.2) is 0 Å². The molecule has 0 fully saturated rings. The highest BCUT2D eigenvalue weighted by Crippen LogP contribution is 2.23. The number of pyridine rings is 1. The molecular weight excluding hydrogens is 268 g/mol. The zero-order valence-corrected chi connectivity index (χ0v) is 10.1. The van der Waals surface area contributed by atoms with Gasteiger partial charge in [0.2, 0.25) is 0 Å². The van der Waals surface area contributed by atoms with Crippen molar-refractivity contribution in [2.24, 2.45) is 5.73 Å². The van der Waals surface area contributed by atoms with Gasteiger partial charge in [-0.15, -0.1) is 0 Å². The molecule has 2 N–H and O–H groups in total. The van der Waals surface area contributed by atoms with Gasteiger partial charge < -0.3 is 10.5 Å². The van der Waals surface area contributed by atoms with Gasteiger partial charge in [0, 0.05) is 11.0 Å². The molecule has 0 saturated carbocycles. The Bertz CT molecular complexity index is 471. The van der Waals surface area contributed by atoms with E-state index in [1.807, 2.05) is 36.4 Å². The molecule has 16 heavy (non-hydrogen) atoms. The van der Waals surface area contributed by atoms with Crippen LogP contribution in [-0.2, 0) is 6.54 Å². The molecule has 0 saturated heterocycles. The summed E-state index contributed by atoms with van der Waals surface area (Å²) in [5.74, 6) is 1.48. The van der Waals surface area contributed by atoms with Crippen LogP contribution in [-0.4, -0.2) is 4.98 Å². The molecule has 1 aromatic carbocycles. The van der Waals surface area contributed by atoms with Crippen LogP contribution >= 0.6 is 15.9 Å². The number of halogens is 1. The minimum Gasteiger partial charge on any atom is -0.456 e. The van der Waals surface area contributed by atoms with Gasteiger partial charge in [-0.2, -0.15) is 0 Å². The standard InChI is InChI=1S/C12H11BrN2O/c13-9-2-1-3-11(6-9)16-12-5-4-10(7-14)15-8-12/h1-6,8H,7,14H2. The molecule has 0 aliphatic heterocycles. The van der Waals surface area contributed by atoms with Crippen molar-refractivity contribution in [3.8, 4) is 11.5 Å². The maximum atomic E-state index is 5.63. The molecule has 0 bridgehead atoms. The quantitative estimate of drug-likeness (QED) is 0.939. The van der Waals surface area contributed by atoms with Gasteiger partial charge in [0.25, 0.3) is 0 Å². The molecule has 1 heterocycles. The van der Waals surface area contributed by atoms with E-state index in [0.717, 1.165) is 15.9 Å². The topological polar surface area (TPSA) is 48.1 Å². The van der Waals surface area contributed by atoms with Crippen LogP contribution in [0.25, 0.3) is 0 Å². The summed E-state index contributed by atoms with van der Waals surface area (Å²) in [7, 11) is 0. The Morgan fingerprint density at radius 2 is 2.06 bits per heavy atom. The van der Waals surface area contributed by atoms with Crippen molar-refractivity contribution in [3.63, 3.8) is 0 Å². The lowest BCUT2D eigenvalue weighted by Gasteiger charge is -2.05. The molecule has 2 rings (SSSR count). The Balaban J connectivity index is 2.14. The van der Waals surface area contributed by atoms with Crippen LogP contribution in [0.4, 0.5) is 0 Å². The van der Waals surface area contributed by atoms with E-state index < -0.39 is 0 Å². The van der Waals surface area contributed by atoms with Crippen LogP contribution in [0.5, 0.6) is 11.5 Å². The number of rotatable bonds is 3. The average Bonchev–Trinajstić information content (AvgIpc) is 2.30. The molecule has 3 nitrogen and oxygen atoms in total. The van der Waals surface area contributed by atoms with E-state index in [0.29, 0.717) is 12.3 Å². The number of ether oxygens (including phenoxy) is 1. The summed E-state index contributed by atoms with van der Waals surface area (Å²) >= 11 is 3.39. The number of benzene rings is 1. The fourth-order valence-corrected chi connectivity index (χ4v) is 1.64. The van der Waals surface area contributed by atoms with E-state index in [1.165, 1.54) is 0 Å². The monoisotopic (exact) mass is 278 g/mol. The first-order valence-corrected chi connectivity index (χ1v) is 5.65. The van der Waals surface area contributed by atoms with Gasteiger partial charge >= 0.3 is 0 Å². The smallest absolute Gasteiger partial charge is 0.145 e. The van der Waals surface area contributed by atoms with Crippen molar-refractivity contribution in [3.05, 3.63) is 52.8 Å². The molecule has 0 aliphatic carbocycles. The number of nitrogens with zero attached hydrogens (tertiary/aromatic N) is 1. The van der Waals surface area contributed by atoms with Gasteiger partial charge in [-0.1, -0.05) is 22.0 Å². The third-order valence-corrected chi connectivity index (χ3v) is 2.53. The highest BCUT2D eigenvalue weighted by molar-refractivity contribution is 9.10. The van der Waals surface area contributed by atoms with Crippen molar-refractivity contribution in [1.29, 1.82) is 0 Å². The molecule has 0 spiro atoms. The SMILES string of the molecule is NCc1ccc(Oc2cccc(Br)c2)cn1. The second-order valence-corrected chi connectivity index (χ2v) is 4.16. The molecular formula is C12H11BrN2O. The minimum absolute atomic E-state index is 0.442.